The summed E-state index contributed by atoms with van der Waals surface area (Å²) in [4.78, 5) is 10.7. The molecule has 0 aliphatic carbocycles. The fourth-order valence-electron chi connectivity index (χ4n) is 2.82. The SMILES string of the molecule is CC#CC(O[Si](C)(C)C(C)(C)C)C(C)[C@@H](OC)[C@H](C)/C(C)=C/CCC(=O)O. The van der Waals surface area contributed by atoms with E-state index in [2.05, 4.69) is 59.6 Å². The number of allylic oxidation sites excluding steroid dienone is 1. The Labute approximate surface area is 167 Å². The summed E-state index contributed by atoms with van der Waals surface area (Å²) in [6.07, 6.45) is 2.45. The van der Waals surface area contributed by atoms with Crippen molar-refractivity contribution in [3.8, 4) is 11.8 Å². The van der Waals surface area contributed by atoms with Crippen LogP contribution in [-0.4, -0.2) is 38.7 Å². The topological polar surface area (TPSA) is 55.8 Å². The largest absolute Gasteiger partial charge is 0.481 e. The predicted molar refractivity (Wildman–Crippen MR) is 115 cm³/mol. The van der Waals surface area contributed by atoms with Gasteiger partial charge in [0.1, 0.15) is 6.10 Å². The molecule has 0 aliphatic rings. The molecule has 0 fully saturated rings. The van der Waals surface area contributed by atoms with Gasteiger partial charge in [-0.15, -0.1) is 5.92 Å². The Bertz CT molecular complexity index is 563. The quantitative estimate of drug-likeness (QED) is 0.301. The van der Waals surface area contributed by atoms with Crippen LogP contribution >= 0.6 is 0 Å². The molecule has 5 heteroatoms. The summed E-state index contributed by atoms with van der Waals surface area (Å²) in [7, 11) is -0.233. The highest BCUT2D eigenvalue weighted by Gasteiger charge is 2.41. The summed E-state index contributed by atoms with van der Waals surface area (Å²) in [5.74, 6) is 5.76. The van der Waals surface area contributed by atoms with Gasteiger partial charge < -0.3 is 14.3 Å². The fraction of sp³-hybridized carbons (Fsp3) is 0.773. The standard InChI is InChI=1S/C22H40O4Si/c1-11-13-19(26-27(9,10)22(5,6)7)18(4)21(25-8)17(3)16(2)14-12-15-20(23)24/h14,17-19,21H,12,15H2,1-10H3,(H,23,24)/b16-14+/t17-,18?,19?,21+/m1/s1. The van der Waals surface area contributed by atoms with Crippen molar-refractivity contribution in [2.24, 2.45) is 11.8 Å². The number of carboxylic acids is 1. The second kappa shape index (κ2) is 11.0. The average Bonchev–Trinajstić information content (AvgIpc) is 2.53. The van der Waals surface area contributed by atoms with Gasteiger partial charge in [-0.05, 0) is 38.4 Å². The molecule has 0 rings (SSSR count). The van der Waals surface area contributed by atoms with Crippen LogP contribution in [0.15, 0.2) is 11.6 Å². The van der Waals surface area contributed by atoms with E-state index in [-0.39, 0.29) is 35.5 Å². The van der Waals surface area contributed by atoms with E-state index in [0.717, 1.165) is 5.57 Å². The lowest BCUT2D eigenvalue weighted by atomic mass is 9.85. The van der Waals surface area contributed by atoms with Crippen molar-refractivity contribution in [1.29, 1.82) is 0 Å². The first-order valence-electron chi connectivity index (χ1n) is 9.79. The highest BCUT2D eigenvalue weighted by molar-refractivity contribution is 6.74. The first-order valence-corrected chi connectivity index (χ1v) is 12.7. The lowest BCUT2D eigenvalue weighted by molar-refractivity contribution is -0.136. The number of methoxy groups -OCH3 is 1. The van der Waals surface area contributed by atoms with Crippen molar-refractivity contribution in [3.05, 3.63) is 11.6 Å². The number of carbonyl (C=O) groups is 1. The molecular weight excluding hydrogens is 356 g/mol. The van der Waals surface area contributed by atoms with Gasteiger partial charge in [-0.1, -0.05) is 52.2 Å². The molecule has 0 aromatic carbocycles. The van der Waals surface area contributed by atoms with Gasteiger partial charge in [0.05, 0.1) is 6.10 Å². The van der Waals surface area contributed by atoms with Crippen LogP contribution in [0.25, 0.3) is 0 Å². The zero-order valence-corrected chi connectivity index (χ0v) is 20.0. The summed E-state index contributed by atoms with van der Waals surface area (Å²) in [6, 6.07) is 0. The normalized spacial score (nSPS) is 17.5. The molecule has 4 atom stereocenters. The summed E-state index contributed by atoms with van der Waals surface area (Å²) in [6.45, 7) is 19.3. The Balaban J connectivity index is 5.44. The average molecular weight is 397 g/mol. The molecule has 27 heavy (non-hydrogen) atoms. The first-order chi connectivity index (χ1) is 12.3. The highest BCUT2D eigenvalue weighted by Crippen LogP contribution is 2.39. The molecule has 0 saturated heterocycles. The minimum Gasteiger partial charge on any atom is -0.481 e. The van der Waals surface area contributed by atoms with Crippen LogP contribution in [0.2, 0.25) is 18.1 Å². The van der Waals surface area contributed by atoms with E-state index >= 15 is 0 Å². The third kappa shape index (κ3) is 8.21. The molecule has 0 heterocycles. The first kappa shape index (κ1) is 25.9. The van der Waals surface area contributed by atoms with E-state index in [1.54, 1.807) is 7.11 Å². The van der Waals surface area contributed by atoms with E-state index in [1.165, 1.54) is 0 Å². The minimum atomic E-state index is -1.96. The molecule has 156 valence electrons. The monoisotopic (exact) mass is 396 g/mol. The van der Waals surface area contributed by atoms with Crippen molar-refractivity contribution in [2.45, 2.75) is 91.6 Å². The van der Waals surface area contributed by atoms with Crippen molar-refractivity contribution in [3.63, 3.8) is 0 Å². The van der Waals surface area contributed by atoms with Crippen LogP contribution in [0, 0.1) is 23.7 Å². The van der Waals surface area contributed by atoms with Crippen LogP contribution < -0.4 is 0 Å². The molecule has 0 radical (unpaired) electrons. The van der Waals surface area contributed by atoms with Gasteiger partial charge in [-0.25, -0.2) is 0 Å². The number of rotatable bonds is 10. The molecule has 2 unspecified atom stereocenters. The van der Waals surface area contributed by atoms with E-state index in [1.807, 2.05) is 19.9 Å². The lowest BCUT2D eigenvalue weighted by Gasteiger charge is -2.41. The van der Waals surface area contributed by atoms with Crippen molar-refractivity contribution in [1.82, 2.24) is 0 Å². The Morgan fingerprint density at radius 2 is 1.81 bits per heavy atom. The third-order valence-electron chi connectivity index (χ3n) is 5.82. The maximum Gasteiger partial charge on any atom is 0.303 e. The molecule has 1 N–H and O–H groups in total. The molecule has 0 aromatic rings. The summed E-state index contributed by atoms with van der Waals surface area (Å²) >= 11 is 0. The maximum absolute atomic E-state index is 10.7. The molecule has 0 bridgehead atoms. The van der Waals surface area contributed by atoms with E-state index in [0.29, 0.717) is 6.42 Å². The zero-order valence-electron chi connectivity index (χ0n) is 19.0. The van der Waals surface area contributed by atoms with Gasteiger partial charge in [-0.3, -0.25) is 4.79 Å². The van der Waals surface area contributed by atoms with Crippen LogP contribution in [0.5, 0.6) is 0 Å². The molecule has 0 spiro atoms. The van der Waals surface area contributed by atoms with Crippen LogP contribution in [0.1, 0.15) is 61.3 Å². The molecule has 0 aromatic heterocycles. The second-order valence-electron chi connectivity index (χ2n) is 8.92. The van der Waals surface area contributed by atoms with Crippen molar-refractivity contribution in [2.75, 3.05) is 7.11 Å². The fourth-order valence-corrected chi connectivity index (χ4v) is 4.08. The summed E-state index contributed by atoms with van der Waals surface area (Å²) in [5, 5.41) is 8.94. The smallest absolute Gasteiger partial charge is 0.303 e. The number of hydrogen-bond donors (Lipinski definition) is 1. The Morgan fingerprint density at radius 1 is 1.26 bits per heavy atom. The van der Waals surface area contributed by atoms with Gasteiger partial charge in [-0.2, -0.15) is 0 Å². The molecule has 0 saturated carbocycles. The van der Waals surface area contributed by atoms with E-state index < -0.39 is 14.3 Å². The minimum absolute atomic E-state index is 0.0540. The Morgan fingerprint density at radius 3 is 2.22 bits per heavy atom. The number of ether oxygens (including phenoxy) is 1. The second-order valence-corrected chi connectivity index (χ2v) is 13.7. The maximum atomic E-state index is 10.7. The zero-order chi connectivity index (χ0) is 21.4. The molecule has 4 nitrogen and oxygen atoms in total. The molecular formula is C22H40O4Si. The molecule has 0 aliphatic heterocycles. The Hall–Kier alpha value is -1.09. The van der Waals surface area contributed by atoms with Crippen molar-refractivity contribution < 1.29 is 19.1 Å². The number of carboxylic acid groups (broad SMARTS) is 1. The third-order valence-corrected chi connectivity index (χ3v) is 10.3. The summed E-state index contributed by atoms with van der Waals surface area (Å²) in [5.41, 5.74) is 1.14. The van der Waals surface area contributed by atoms with Gasteiger partial charge in [0.15, 0.2) is 8.32 Å². The van der Waals surface area contributed by atoms with E-state index in [9.17, 15) is 4.79 Å². The lowest BCUT2D eigenvalue weighted by Crippen LogP contribution is -2.47. The number of hydrogen-bond acceptors (Lipinski definition) is 3. The van der Waals surface area contributed by atoms with Crippen molar-refractivity contribution >= 4 is 14.3 Å². The van der Waals surface area contributed by atoms with Crippen LogP contribution in [0.3, 0.4) is 0 Å². The van der Waals surface area contributed by atoms with Gasteiger partial charge in [0, 0.05) is 25.4 Å². The van der Waals surface area contributed by atoms with E-state index in [4.69, 9.17) is 14.3 Å². The highest BCUT2D eigenvalue weighted by atomic mass is 28.4. The number of aliphatic carboxylic acids is 1. The molecule has 0 amide bonds. The Kier molecular flexibility index (Phi) is 10.6. The van der Waals surface area contributed by atoms with Gasteiger partial charge >= 0.3 is 5.97 Å². The predicted octanol–water partition coefficient (Wildman–Crippen LogP) is 5.50. The van der Waals surface area contributed by atoms with Crippen LogP contribution in [0.4, 0.5) is 0 Å². The van der Waals surface area contributed by atoms with Crippen LogP contribution in [-0.2, 0) is 14.0 Å². The summed E-state index contributed by atoms with van der Waals surface area (Å²) < 4.78 is 12.5. The van der Waals surface area contributed by atoms with Gasteiger partial charge in [0.25, 0.3) is 0 Å². The van der Waals surface area contributed by atoms with Gasteiger partial charge in [0.2, 0.25) is 0 Å².